The average Bonchev–Trinajstić information content (AvgIpc) is 2.66. The zero-order valence-corrected chi connectivity index (χ0v) is 16.6. The maximum absolute atomic E-state index is 12.3. The molecule has 0 spiro atoms. The Morgan fingerprint density at radius 1 is 1.07 bits per heavy atom. The van der Waals surface area contributed by atoms with Crippen molar-refractivity contribution in [2.24, 2.45) is 0 Å². The number of carbonyl (C=O) groups excluding carboxylic acids is 1. The lowest BCUT2D eigenvalue weighted by atomic mass is 10.1. The number of ether oxygens (including phenoxy) is 2. The summed E-state index contributed by atoms with van der Waals surface area (Å²) in [5.41, 5.74) is 6.92. The fourth-order valence-corrected chi connectivity index (χ4v) is 2.51. The minimum atomic E-state index is -0.323. The number of nitrogens with one attached hydrogen (secondary N) is 3. The molecule has 2 aromatic carbocycles. The van der Waals surface area contributed by atoms with Gasteiger partial charge < -0.3 is 14.8 Å². The predicted octanol–water partition coefficient (Wildman–Crippen LogP) is 2.83. The van der Waals surface area contributed by atoms with Crippen molar-refractivity contribution >= 4 is 23.2 Å². The van der Waals surface area contributed by atoms with E-state index in [1.807, 2.05) is 32.0 Å². The maximum atomic E-state index is 12.3. The van der Waals surface area contributed by atoms with Crippen LogP contribution in [-0.4, -0.2) is 30.8 Å². The maximum Gasteiger partial charge on any atom is 0.269 e. The molecule has 0 fully saturated rings. The van der Waals surface area contributed by atoms with E-state index in [1.165, 1.54) is 12.7 Å². The molecule has 27 heavy (non-hydrogen) atoms. The summed E-state index contributed by atoms with van der Waals surface area (Å²) in [7, 11) is 1.54. The molecule has 0 saturated heterocycles. The molecule has 0 unspecified atom stereocenters. The predicted molar refractivity (Wildman–Crippen MR) is 110 cm³/mol. The number of methoxy groups -OCH3 is 1. The largest absolute Gasteiger partial charge is 0.493 e. The summed E-state index contributed by atoms with van der Waals surface area (Å²) in [5.74, 6) is 0.770. The smallest absolute Gasteiger partial charge is 0.269 e. The molecule has 0 bridgehead atoms. The highest BCUT2D eigenvalue weighted by atomic mass is 32.1. The van der Waals surface area contributed by atoms with Gasteiger partial charge in [-0.25, -0.2) is 0 Å². The fraction of sp³-hybridized carbons (Fsp3) is 0.300. The molecule has 2 rings (SSSR count). The summed E-state index contributed by atoms with van der Waals surface area (Å²) < 4.78 is 10.9. The van der Waals surface area contributed by atoms with E-state index in [0.717, 1.165) is 6.42 Å². The van der Waals surface area contributed by atoms with Crippen LogP contribution in [0.3, 0.4) is 0 Å². The van der Waals surface area contributed by atoms with Crippen LogP contribution < -0.4 is 25.6 Å². The first-order chi connectivity index (χ1) is 13.0. The molecular weight excluding hydrogens is 362 g/mol. The van der Waals surface area contributed by atoms with Crippen LogP contribution >= 0.6 is 12.2 Å². The van der Waals surface area contributed by atoms with E-state index in [-0.39, 0.29) is 12.0 Å². The molecule has 2 aromatic rings. The number of amides is 1. The molecule has 0 radical (unpaired) electrons. The van der Waals surface area contributed by atoms with E-state index in [9.17, 15) is 4.79 Å². The number of hydrogen-bond acceptors (Lipinski definition) is 4. The second-order valence-electron chi connectivity index (χ2n) is 6.10. The Morgan fingerprint density at radius 2 is 1.81 bits per heavy atom. The van der Waals surface area contributed by atoms with Crippen molar-refractivity contribution in [1.82, 2.24) is 16.2 Å². The number of rotatable bonds is 7. The molecule has 3 N–H and O–H groups in total. The summed E-state index contributed by atoms with van der Waals surface area (Å²) in [6, 6.07) is 15.1. The van der Waals surface area contributed by atoms with Crippen molar-refractivity contribution in [2.45, 2.75) is 26.4 Å². The van der Waals surface area contributed by atoms with Gasteiger partial charge in [-0.05, 0) is 56.2 Å². The van der Waals surface area contributed by atoms with Gasteiger partial charge >= 0.3 is 0 Å². The molecule has 0 aromatic heterocycles. The second kappa shape index (κ2) is 10.4. The van der Waals surface area contributed by atoms with Crippen molar-refractivity contribution in [3.05, 3.63) is 59.7 Å². The van der Waals surface area contributed by atoms with Crippen molar-refractivity contribution in [3.8, 4) is 11.5 Å². The highest BCUT2D eigenvalue weighted by Crippen LogP contribution is 2.28. The van der Waals surface area contributed by atoms with Gasteiger partial charge in [0.05, 0.1) is 13.2 Å². The monoisotopic (exact) mass is 387 g/mol. The summed E-state index contributed by atoms with van der Waals surface area (Å²) in [6.07, 6.45) is 0.852. The molecule has 1 amide bonds. The number of benzene rings is 2. The first-order valence-corrected chi connectivity index (χ1v) is 9.13. The third kappa shape index (κ3) is 6.79. The van der Waals surface area contributed by atoms with E-state index in [1.54, 1.807) is 18.2 Å². The molecule has 7 heteroatoms. The first-order valence-electron chi connectivity index (χ1n) is 8.72. The van der Waals surface area contributed by atoms with E-state index >= 15 is 0 Å². The Bertz CT molecular complexity index is 766. The molecule has 144 valence electrons. The van der Waals surface area contributed by atoms with Crippen molar-refractivity contribution < 1.29 is 14.3 Å². The van der Waals surface area contributed by atoms with Gasteiger partial charge in [0.25, 0.3) is 5.91 Å². The van der Waals surface area contributed by atoms with Gasteiger partial charge in [0.2, 0.25) is 0 Å². The fourth-order valence-electron chi connectivity index (χ4n) is 2.36. The summed E-state index contributed by atoms with van der Waals surface area (Å²) in [4.78, 5) is 12.3. The Morgan fingerprint density at radius 3 is 2.48 bits per heavy atom. The molecule has 0 heterocycles. The number of hydrazine groups is 1. The third-order valence-electron chi connectivity index (χ3n) is 3.62. The van der Waals surface area contributed by atoms with Crippen LogP contribution in [0.2, 0.25) is 0 Å². The lowest BCUT2D eigenvalue weighted by molar-refractivity contribution is 0.0943. The molecule has 0 saturated carbocycles. The minimum Gasteiger partial charge on any atom is -0.493 e. The number of thiocarbonyl (C=S) groups is 1. The van der Waals surface area contributed by atoms with Crippen molar-refractivity contribution in [3.63, 3.8) is 0 Å². The van der Waals surface area contributed by atoms with E-state index < -0.39 is 0 Å². The van der Waals surface area contributed by atoms with Crippen LogP contribution in [-0.2, 0) is 6.42 Å². The van der Waals surface area contributed by atoms with Gasteiger partial charge in [-0.3, -0.25) is 15.6 Å². The zero-order chi connectivity index (χ0) is 19.6. The van der Waals surface area contributed by atoms with Crippen LogP contribution in [0.5, 0.6) is 11.5 Å². The normalized spacial score (nSPS) is 10.2. The van der Waals surface area contributed by atoms with Gasteiger partial charge in [-0.15, -0.1) is 0 Å². The zero-order valence-electron chi connectivity index (χ0n) is 15.7. The summed E-state index contributed by atoms with van der Waals surface area (Å²) >= 11 is 5.17. The minimum absolute atomic E-state index is 0.0135. The van der Waals surface area contributed by atoms with Gasteiger partial charge in [-0.2, -0.15) is 0 Å². The lowest BCUT2D eigenvalue weighted by Crippen LogP contribution is -2.47. The molecular formula is C20H25N3O3S. The third-order valence-corrected chi connectivity index (χ3v) is 3.87. The Labute approximate surface area is 165 Å². The number of carbonyl (C=O) groups is 1. The highest BCUT2D eigenvalue weighted by molar-refractivity contribution is 7.80. The lowest BCUT2D eigenvalue weighted by Gasteiger charge is -2.15. The Hall–Kier alpha value is -2.80. The van der Waals surface area contributed by atoms with Crippen LogP contribution in [0.1, 0.15) is 29.8 Å². The standard InChI is InChI=1S/C20H25N3O3S/c1-14(2)26-17-10-9-16(13-18(17)25-3)19(24)22-23-20(27)21-12-11-15-7-5-4-6-8-15/h4-10,13-14H,11-12H2,1-3H3,(H,22,24)(H2,21,23,27). The summed E-state index contributed by atoms with van der Waals surface area (Å²) in [5, 5.41) is 3.40. The molecule has 6 nitrogen and oxygen atoms in total. The topological polar surface area (TPSA) is 71.6 Å². The van der Waals surface area contributed by atoms with E-state index in [2.05, 4.69) is 28.3 Å². The quantitative estimate of drug-likeness (QED) is 0.501. The van der Waals surface area contributed by atoms with Crippen LogP contribution in [0.4, 0.5) is 0 Å². The van der Waals surface area contributed by atoms with Crippen LogP contribution in [0, 0.1) is 0 Å². The molecule has 0 atom stereocenters. The van der Waals surface area contributed by atoms with Gasteiger partial charge in [0.1, 0.15) is 0 Å². The van der Waals surface area contributed by atoms with Gasteiger partial charge in [0, 0.05) is 12.1 Å². The highest BCUT2D eigenvalue weighted by Gasteiger charge is 2.12. The van der Waals surface area contributed by atoms with Gasteiger partial charge in [-0.1, -0.05) is 30.3 Å². The van der Waals surface area contributed by atoms with Crippen LogP contribution in [0.15, 0.2) is 48.5 Å². The Kier molecular flexibility index (Phi) is 7.88. The van der Waals surface area contributed by atoms with Crippen molar-refractivity contribution in [2.75, 3.05) is 13.7 Å². The molecule has 0 aliphatic heterocycles. The molecule has 0 aliphatic rings. The molecule has 0 aliphatic carbocycles. The van der Waals surface area contributed by atoms with Gasteiger partial charge in [0.15, 0.2) is 16.6 Å². The van der Waals surface area contributed by atoms with Crippen LogP contribution in [0.25, 0.3) is 0 Å². The van der Waals surface area contributed by atoms with Crippen molar-refractivity contribution in [1.29, 1.82) is 0 Å². The Balaban J connectivity index is 1.81. The summed E-state index contributed by atoms with van der Waals surface area (Å²) in [6.45, 7) is 4.52. The SMILES string of the molecule is COc1cc(C(=O)NNC(=S)NCCc2ccccc2)ccc1OC(C)C. The van der Waals surface area contributed by atoms with E-state index in [0.29, 0.717) is 28.7 Å². The number of hydrogen-bond donors (Lipinski definition) is 3. The van der Waals surface area contributed by atoms with E-state index in [4.69, 9.17) is 21.7 Å². The first kappa shape index (κ1) is 20.5. The second-order valence-corrected chi connectivity index (χ2v) is 6.51. The average molecular weight is 388 g/mol.